The van der Waals surface area contributed by atoms with Crippen molar-refractivity contribution in [3.8, 4) is 40.6 Å². The Balaban J connectivity index is 1.35. The number of para-hydroxylation sites is 2. The summed E-state index contributed by atoms with van der Waals surface area (Å²) < 4.78 is 2.35. The molecule has 9 rings (SSSR count). The van der Waals surface area contributed by atoms with Gasteiger partial charge in [0.25, 0.3) is 0 Å². The average molecular weight is 616 g/mol. The Bertz CT molecular complexity index is 2460. The molecule has 1 aliphatic carbocycles. The van der Waals surface area contributed by atoms with Gasteiger partial charge in [0.05, 0.1) is 46.0 Å². The molecule has 0 fully saturated rings. The maximum absolute atomic E-state index is 9.43. The van der Waals surface area contributed by atoms with E-state index in [4.69, 9.17) is 15.0 Å². The number of hydrogen-bond donors (Lipinski definition) is 0. The fourth-order valence-electron chi connectivity index (χ4n) is 7.05. The Morgan fingerprint density at radius 1 is 0.583 bits per heavy atom. The summed E-state index contributed by atoms with van der Waals surface area (Å²) in [6.07, 6.45) is 8.69. The highest BCUT2D eigenvalue weighted by Gasteiger charge is 2.41. The molecule has 2 atom stereocenters. The van der Waals surface area contributed by atoms with E-state index in [1.54, 1.807) is 24.3 Å². The van der Waals surface area contributed by atoms with Crippen LogP contribution in [0.25, 0.3) is 50.3 Å². The van der Waals surface area contributed by atoms with Gasteiger partial charge in [-0.2, -0.15) is 20.5 Å². The summed E-state index contributed by atoms with van der Waals surface area (Å²) in [5.41, 5.74) is 8.23. The van der Waals surface area contributed by atoms with Crippen LogP contribution in [-0.4, -0.2) is 25.6 Å². The van der Waals surface area contributed by atoms with E-state index >= 15 is 0 Å². The van der Waals surface area contributed by atoms with Crippen LogP contribution in [0.2, 0.25) is 0 Å². The highest BCUT2D eigenvalue weighted by molar-refractivity contribution is 6.15. The number of allylic oxidation sites excluding steroid dienone is 2. The number of hydrogen-bond acceptors (Lipinski definition) is 6. The van der Waals surface area contributed by atoms with Crippen LogP contribution in [-0.2, 0) is 0 Å². The average Bonchev–Trinajstić information content (AvgIpc) is 3.68. The zero-order valence-corrected chi connectivity index (χ0v) is 25.6. The summed E-state index contributed by atoms with van der Waals surface area (Å²) in [5.74, 6) is 1.61. The number of aromatic nitrogens is 4. The van der Waals surface area contributed by atoms with Crippen LogP contribution in [0.3, 0.4) is 0 Å². The smallest absolute Gasteiger partial charge is 0.234 e. The van der Waals surface area contributed by atoms with Gasteiger partial charge in [-0.1, -0.05) is 72.8 Å². The highest BCUT2D eigenvalue weighted by atomic mass is 15.3. The van der Waals surface area contributed by atoms with Crippen molar-refractivity contribution >= 4 is 33.4 Å². The van der Waals surface area contributed by atoms with E-state index < -0.39 is 0 Å². The lowest BCUT2D eigenvalue weighted by Gasteiger charge is -2.27. The van der Waals surface area contributed by atoms with Gasteiger partial charge in [0.2, 0.25) is 5.95 Å². The molecule has 2 aliphatic rings. The van der Waals surface area contributed by atoms with Gasteiger partial charge in [-0.05, 0) is 72.3 Å². The van der Waals surface area contributed by atoms with Crippen LogP contribution < -0.4 is 4.90 Å². The van der Waals surface area contributed by atoms with Crippen molar-refractivity contribution in [2.24, 2.45) is 0 Å². The Labute approximate surface area is 276 Å². The van der Waals surface area contributed by atoms with Gasteiger partial charge in [-0.15, -0.1) is 0 Å². The summed E-state index contributed by atoms with van der Waals surface area (Å²) in [6, 6.07) is 42.4. The summed E-state index contributed by atoms with van der Waals surface area (Å²) >= 11 is 0. The maximum atomic E-state index is 9.43. The minimum atomic E-state index is -0.0668. The number of rotatable bonds is 4. The maximum Gasteiger partial charge on any atom is 0.234 e. The molecule has 3 heterocycles. The molecular weight excluding hydrogens is 591 g/mol. The third-order valence-electron chi connectivity index (χ3n) is 9.24. The first-order valence-corrected chi connectivity index (χ1v) is 15.7. The Morgan fingerprint density at radius 3 is 1.88 bits per heavy atom. The number of nitrogens with zero attached hydrogens (tertiary/aromatic N) is 7. The van der Waals surface area contributed by atoms with Gasteiger partial charge in [0.1, 0.15) is 0 Å². The van der Waals surface area contributed by atoms with Crippen LogP contribution in [0.5, 0.6) is 0 Å². The summed E-state index contributed by atoms with van der Waals surface area (Å²) in [4.78, 5) is 17.5. The van der Waals surface area contributed by atoms with Crippen molar-refractivity contribution in [3.05, 3.63) is 156 Å². The largest absolute Gasteiger partial charge is 0.307 e. The van der Waals surface area contributed by atoms with Gasteiger partial charge in [-0.25, -0.2) is 4.98 Å². The Hall–Kier alpha value is -6.83. The highest BCUT2D eigenvalue weighted by Crippen LogP contribution is 2.52. The predicted molar refractivity (Wildman–Crippen MR) is 188 cm³/mol. The van der Waals surface area contributed by atoms with Gasteiger partial charge in [0, 0.05) is 33.5 Å². The van der Waals surface area contributed by atoms with Crippen LogP contribution in [0.4, 0.5) is 11.6 Å². The normalized spacial score (nSPS) is 16.1. The molecule has 7 heteroatoms. The SMILES string of the molecule is N#Cc1ccc(-c2nc(-c3ccc(C#N)cc3)nc(N3c4c(ccc5c6ccccc6n(-c6ccccc6)c45)[C@H]4C=CC=CC43)n2)cc1. The third-order valence-corrected chi connectivity index (χ3v) is 9.24. The zero-order valence-electron chi connectivity index (χ0n) is 25.6. The topological polar surface area (TPSA) is 94.4 Å². The Kier molecular flexibility index (Phi) is 6.24. The lowest BCUT2D eigenvalue weighted by Crippen LogP contribution is -2.30. The third kappa shape index (κ3) is 4.23. The van der Waals surface area contributed by atoms with Crippen molar-refractivity contribution in [2.75, 3.05) is 4.90 Å². The molecule has 5 aromatic carbocycles. The monoisotopic (exact) mass is 615 g/mol. The van der Waals surface area contributed by atoms with Crippen molar-refractivity contribution in [1.82, 2.24) is 19.5 Å². The van der Waals surface area contributed by atoms with E-state index in [1.165, 1.54) is 10.9 Å². The fraction of sp³-hybridized carbons (Fsp3) is 0.0488. The van der Waals surface area contributed by atoms with Gasteiger partial charge in [-0.3, -0.25) is 0 Å². The molecule has 0 saturated carbocycles. The molecule has 0 amide bonds. The second-order valence-corrected chi connectivity index (χ2v) is 11.9. The molecular formula is C41H25N7. The van der Waals surface area contributed by atoms with E-state index in [1.807, 2.05) is 30.3 Å². The number of fused-ring (bicyclic) bond motifs is 7. The second kappa shape index (κ2) is 10.9. The molecule has 7 aromatic rings. The first-order valence-electron chi connectivity index (χ1n) is 15.7. The van der Waals surface area contributed by atoms with Crippen LogP contribution in [0, 0.1) is 22.7 Å². The Morgan fingerprint density at radius 2 is 1.21 bits per heavy atom. The summed E-state index contributed by atoms with van der Waals surface area (Å²) in [7, 11) is 0. The first-order chi connectivity index (χ1) is 23.7. The molecule has 2 aromatic heterocycles. The minimum Gasteiger partial charge on any atom is -0.307 e. The number of nitriles is 2. The molecule has 0 radical (unpaired) electrons. The number of anilines is 2. The molecule has 1 unspecified atom stereocenters. The molecule has 0 bridgehead atoms. The van der Waals surface area contributed by atoms with E-state index in [-0.39, 0.29) is 12.0 Å². The zero-order chi connectivity index (χ0) is 32.2. The van der Waals surface area contributed by atoms with Gasteiger partial charge >= 0.3 is 0 Å². The quantitative estimate of drug-likeness (QED) is 0.196. The second-order valence-electron chi connectivity index (χ2n) is 11.9. The lowest BCUT2D eigenvalue weighted by molar-refractivity contribution is 0.728. The van der Waals surface area contributed by atoms with Crippen LogP contribution in [0.1, 0.15) is 22.6 Å². The molecule has 1 aliphatic heterocycles. The summed E-state index contributed by atoms with van der Waals surface area (Å²) in [5, 5.41) is 21.2. The van der Waals surface area contributed by atoms with Crippen LogP contribution in [0.15, 0.2) is 140 Å². The van der Waals surface area contributed by atoms with E-state index in [2.05, 4.69) is 107 Å². The van der Waals surface area contributed by atoms with Crippen molar-refractivity contribution < 1.29 is 0 Å². The van der Waals surface area contributed by atoms with Gasteiger partial charge in [0.15, 0.2) is 11.6 Å². The minimum absolute atomic E-state index is 0.0668. The predicted octanol–water partition coefficient (Wildman–Crippen LogP) is 8.78. The van der Waals surface area contributed by atoms with E-state index in [0.717, 1.165) is 38.9 Å². The molecule has 0 saturated heterocycles. The molecule has 0 spiro atoms. The van der Waals surface area contributed by atoms with Crippen molar-refractivity contribution in [3.63, 3.8) is 0 Å². The van der Waals surface area contributed by atoms with E-state index in [9.17, 15) is 10.5 Å². The van der Waals surface area contributed by atoms with Crippen molar-refractivity contribution in [1.29, 1.82) is 10.5 Å². The molecule has 48 heavy (non-hydrogen) atoms. The molecule has 7 nitrogen and oxygen atoms in total. The van der Waals surface area contributed by atoms with Crippen molar-refractivity contribution in [2.45, 2.75) is 12.0 Å². The van der Waals surface area contributed by atoms with Gasteiger partial charge < -0.3 is 9.47 Å². The summed E-state index contributed by atoms with van der Waals surface area (Å²) in [6.45, 7) is 0. The first kappa shape index (κ1) is 27.5. The number of benzene rings is 5. The van der Waals surface area contributed by atoms with E-state index in [0.29, 0.717) is 28.7 Å². The molecule has 224 valence electrons. The fourth-order valence-corrected chi connectivity index (χ4v) is 7.05. The van der Waals surface area contributed by atoms with Crippen LogP contribution >= 0.6 is 0 Å². The standard InChI is InChI=1S/C41H25N7/c42-24-26-14-18-28(19-15-26)39-44-40(29-20-16-27(25-43)17-21-29)46-41(45-39)48-36-13-7-5-11-32(36)34-23-22-33-31-10-4-6-12-35(31)47(37(33)38(34)48)30-8-2-1-3-9-30/h1-23,32,36H/t32-,36?/m1/s1. The lowest BCUT2D eigenvalue weighted by atomic mass is 9.91. The molecule has 0 N–H and O–H groups in total.